The predicted molar refractivity (Wildman–Crippen MR) is 106 cm³/mol. The molecule has 2 aromatic heterocycles. The molecule has 0 bridgehead atoms. The van der Waals surface area contributed by atoms with Gasteiger partial charge in [0, 0.05) is 23.7 Å². The van der Waals surface area contributed by atoms with Crippen LogP contribution in [0.25, 0.3) is 0 Å². The van der Waals surface area contributed by atoms with Crippen LogP contribution < -0.4 is 16.4 Å². The molecule has 0 radical (unpaired) electrons. The van der Waals surface area contributed by atoms with Gasteiger partial charge in [-0.1, -0.05) is 23.7 Å². The number of pyridine rings is 1. The van der Waals surface area contributed by atoms with Crippen LogP contribution in [0.1, 0.15) is 43.0 Å². The lowest BCUT2D eigenvalue weighted by Crippen LogP contribution is -2.10. The van der Waals surface area contributed by atoms with Gasteiger partial charge < -0.3 is 16.4 Å². The SMILES string of the molecule is C[C@H](Nc1nc(Nc2cc(C3CC3)[nH]n2)c(N)cc1Cl)c1ccc(F)cc1. The Kier molecular flexibility index (Phi) is 4.61. The Balaban J connectivity index is 1.53. The van der Waals surface area contributed by atoms with E-state index in [1.165, 1.54) is 25.0 Å². The van der Waals surface area contributed by atoms with Crippen LogP contribution in [-0.4, -0.2) is 15.2 Å². The summed E-state index contributed by atoms with van der Waals surface area (Å²) in [6.07, 6.45) is 2.39. The fraction of sp³-hybridized carbons (Fsp3) is 0.263. The van der Waals surface area contributed by atoms with Gasteiger partial charge in [-0.3, -0.25) is 5.10 Å². The van der Waals surface area contributed by atoms with Crippen LogP contribution in [0.2, 0.25) is 5.02 Å². The predicted octanol–water partition coefficient (Wildman–Crippen LogP) is 4.97. The van der Waals surface area contributed by atoms with E-state index in [0.717, 1.165) is 11.3 Å². The third-order valence-electron chi connectivity index (χ3n) is 4.59. The summed E-state index contributed by atoms with van der Waals surface area (Å²) in [6, 6.07) is 9.80. The molecule has 6 nitrogen and oxygen atoms in total. The van der Waals surface area contributed by atoms with Crippen LogP contribution in [-0.2, 0) is 0 Å². The highest BCUT2D eigenvalue weighted by atomic mass is 35.5. The molecule has 0 amide bonds. The number of aromatic nitrogens is 3. The summed E-state index contributed by atoms with van der Waals surface area (Å²) >= 11 is 6.30. The fourth-order valence-electron chi connectivity index (χ4n) is 2.87. The van der Waals surface area contributed by atoms with Gasteiger partial charge in [0.25, 0.3) is 0 Å². The van der Waals surface area contributed by atoms with Crippen molar-refractivity contribution in [3.8, 4) is 0 Å². The summed E-state index contributed by atoms with van der Waals surface area (Å²) < 4.78 is 13.1. The van der Waals surface area contributed by atoms with Crippen molar-refractivity contribution in [3.63, 3.8) is 0 Å². The Morgan fingerprint density at radius 3 is 2.67 bits per heavy atom. The van der Waals surface area contributed by atoms with E-state index < -0.39 is 0 Å². The second-order valence-corrected chi connectivity index (χ2v) is 7.19. The van der Waals surface area contributed by atoms with Crippen LogP contribution in [0.15, 0.2) is 36.4 Å². The molecule has 27 heavy (non-hydrogen) atoms. The first-order valence-electron chi connectivity index (χ1n) is 8.80. The summed E-state index contributed by atoms with van der Waals surface area (Å²) in [5.41, 5.74) is 8.52. The summed E-state index contributed by atoms with van der Waals surface area (Å²) in [5, 5.41) is 14.1. The van der Waals surface area contributed by atoms with Gasteiger partial charge in [-0.25, -0.2) is 9.37 Å². The van der Waals surface area contributed by atoms with Gasteiger partial charge in [0.1, 0.15) is 11.6 Å². The number of benzene rings is 1. The Hall–Kier alpha value is -2.80. The van der Waals surface area contributed by atoms with Crippen molar-refractivity contribution in [2.75, 3.05) is 16.4 Å². The molecule has 1 fully saturated rings. The van der Waals surface area contributed by atoms with Crippen LogP contribution in [0.5, 0.6) is 0 Å². The molecule has 8 heteroatoms. The highest BCUT2D eigenvalue weighted by molar-refractivity contribution is 6.33. The standard InChI is InChI=1S/C19H20ClFN6/c1-10(11-4-6-13(21)7-5-11)23-18-14(20)8-15(22)19(25-18)24-17-9-16(26-27-17)12-2-3-12/h4-10,12H,2-3,22H2,1H3,(H3,23,24,25,26,27)/t10-/m0/s1. The largest absolute Gasteiger partial charge is 0.396 e. The summed E-state index contributed by atoms with van der Waals surface area (Å²) in [6.45, 7) is 1.95. The molecular formula is C19H20ClFN6. The lowest BCUT2D eigenvalue weighted by molar-refractivity contribution is 0.626. The van der Waals surface area contributed by atoms with Gasteiger partial charge in [-0.15, -0.1) is 0 Å². The van der Waals surface area contributed by atoms with E-state index in [1.54, 1.807) is 18.2 Å². The second-order valence-electron chi connectivity index (χ2n) is 6.78. The van der Waals surface area contributed by atoms with E-state index in [1.807, 2.05) is 13.0 Å². The van der Waals surface area contributed by atoms with E-state index in [4.69, 9.17) is 17.3 Å². The van der Waals surface area contributed by atoms with Gasteiger partial charge >= 0.3 is 0 Å². The number of hydrogen-bond acceptors (Lipinski definition) is 5. The van der Waals surface area contributed by atoms with Crippen molar-refractivity contribution in [1.29, 1.82) is 0 Å². The molecule has 0 aliphatic heterocycles. The summed E-state index contributed by atoms with van der Waals surface area (Å²) in [4.78, 5) is 4.51. The number of halogens is 2. The highest BCUT2D eigenvalue weighted by Gasteiger charge is 2.25. The average Bonchev–Trinajstić information content (AvgIpc) is 3.39. The summed E-state index contributed by atoms with van der Waals surface area (Å²) in [5.74, 6) is 1.93. The zero-order valence-electron chi connectivity index (χ0n) is 14.8. The number of aromatic amines is 1. The molecule has 2 heterocycles. The third kappa shape index (κ3) is 3.98. The maximum absolute atomic E-state index is 13.1. The van der Waals surface area contributed by atoms with Crippen molar-refractivity contribution in [2.24, 2.45) is 0 Å². The van der Waals surface area contributed by atoms with Crippen molar-refractivity contribution in [2.45, 2.75) is 31.7 Å². The Bertz CT molecular complexity index is 951. The second kappa shape index (κ2) is 7.08. The molecular weight excluding hydrogens is 367 g/mol. The molecule has 1 atom stereocenters. The first kappa shape index (κ1) is 17.6. The van der Waals surface area contributed by atoms with Gasteiger partial charge in [-0.2, -0.15) is 5.10 Å². The van der Waals surface area contributed by atoms with Gasteiger partial charge in [-0.05, 0) is 43.5 Å². The van der Waals surface area contributed by atoms with Crippen molar-refractivity contribution < 1.29 is 4.39 Å². The smallest absolute Gasteiger partial charge is 0.157 e. The number of nitrogens with zero attached hydrogens (tertiary/aromatic N) is 2. The number of nitrogen functional groups attached to an aromatic ring is 1. The summed E-state index contributed by atoms with van der Waals surface area (Å²) in [7, 11) is 0. The quantitative estimate of drug-likeness (QED) is 0.480. The fourth-order valence-corrected chi connectivity index (χ4v) is 3.08. The number of rotatable bonds is 6. The molecule has 1 aliphatic carbocycles. The number of anilines is 4. The third-order valence-corrected chi connectivity index (χ3v) is 4.88. The first-order chi connectivity index (χ1) is 13.0. The Morgan fingerprint density at radius 2 is 1.96 bits per heavy atom. The van der Waals surface area contributed by atoms with Crippen molar-refractivity contribution >= 4 is 34.7 Å². The van der Waals surface area contributed by atoms with E-state index in [-0.39, 0.29) is 11.9 Å². The van der Waals surface area contributed by atoms with Gasteiger partial charge in [0.05, 0.1) is 10.7 Å². The number of nitrogens with two attached hydrogens (primary N) is 1. The van der Waals surface area contributed by atoms with Crippen LogP contribution >= 0.6 is 11.6 Å². The molecule has 4 rings (SSSR count). The molecule has 0 unspecified atom stereocenters. The molecule has 1 aliphatic rings. The number of hydrogen-bond donors (Lipinski definition) is 4. The molecule has 0 saturated heterocycles. The normalized spacial score (nSPS) is 14.8. The van der Waals surface area contributed by atoms with Crippen LogP contribution in [0, 0.1) is 5.82 Å². The molecule has 1 aromatic carbocycles. The number of nitrogens with one attached hydrogen (secondary N) is 3. The lowest BCUT2D eigenvalue weighted by Gasteiger charge is -2.17. The number of H-pyrrole nitrogens is 1. The maximum atomic E-state index is 13.1. The Labute approximate surface area is 161 Å². The topological polar surface area (TPSA) is 91.6 Å². The van der Waals surface area contributed by atoms with Crippen LogP contribution in [0.4, 0.5) is 27.5 Å². The van der Waals surface area contributed by atoms with E-state index in [0.29, 0.717) is 34.1 Å². The maximum Gasteiger partial charge on any atom is 0.157 e. The van der Waals surface area contributed by atoms with Crippen LogP contribution in [0.3, 0.4) is 0 Å². The first-order valence-corrected chi connectivity index (χ1v) is 9.17. The average molecular weight is 387 g/mol. The molecule has 0 spiro atoms. The zero-order chi connectivity index (χ0) is 19.0. The van der Waals surface area contributed by atoms with Crippen molar-refractivity contribution in [3.05, 3.63) is 58.5 Å². The monoisotopic (exact) mass is 386 g/mol. The lowest BCUT2D eigenvalue weighted by atomic mass is 10.1. The zero-order valence-corrected chi connectivity index (χ0v) is 15.5. The van der Waals surface area contributed by atoms with E-state index in [2.05, 4.69) is 25.8 Å². The Morgan fingerprint density at radius 1 is 1.22 bits per heavy atom. The highest BCUT2D eigenvalue weighted by Crippen LogP contribution is 2.40. The minimum atomic E-state index is -0.273. The minimum Gasteiger partial charge on any atom is -0.396 e. The van der Waals surface area contributed by atoms with Gasteiger partial charge in [0.15, 0.2) is 11.6 Å². The molecule has 140 valence electrons. The molecule has 5 N–H and O–H groups in total. The molecule has 1 saturated carbocycles. The van der Waals surface area contributed by atoms with E-state index >= 15 is 0 Å². The van der Waals surface area contributed by atoms with Gasteiger partial charge in [0.2, 0.25) is 0 Å². The van der Waals surface area contributed by atoms with E-state index in [9.17, 15) is 4.39 Å². The molecule has 3 aromatic rings. The van der Waals surface area contributed by atoms with Crippen molar-refractivity contribution in [1.82, 2.24) is 15.2 Å². The minimum absolute atomic E-state index is 0.112.